The first-order valence-electron chi connectivity index (χ1n) is 4.77. The summed E-state index contributed by atoms with van der Waals surface area (Å²) in [5.41, 5.74) is 1.35. The van der Waals surface area contributed by atoms with Crippen LogP contribution < -0.4 is 0 Å². The van der Waals surface area contributed by atoms with Gasteiger partial charge in [-0.1, -0.05) is 39.8 Å². The molecule has 1 heteroatoms. The third-order valence-corrected chi connectivity index (χ3v) is 1.79. The van der Waals surface area contributed by atoms with Gasteiger partial charge in [-0.15, -0.1) is 0 Å². The zero-order valence-electron chi connectivity index (χ0n) is 9.35. The summed E-state index contributed by atoms with van der Waals surface area (Å²) in [6.07, 6.45) is 6.73. The minimum atomic E-state index is 0.103. The molecule has 0 unspecified atom stereocenters. The molecule has 0 aliphatic heterocycles. The quantitative estimate of drug-likeness (QED) is 0.480. The molecular weight excluding hydrogens is 160 g/mol. The summed E-state index contributed by atoms with van der Waals surface area (Å²) in [6, 6.07) is 0. The predicted molar refractivity (Wildman–Crippen MR) is 57.7 cm³/mol. The molecule has 0 rings (SSSR count). The fourth-order valence-corrected chi connectivity index (χ4v) is 1.05. The van der Waals surface area contributed by atoms with Crippen molar-refractivity contribution >= 4 is 5.78 Å². The van der Waals surface area contributed by atoms with Crippen molar-refractivity contribution in [2.75, 3.05) is 0 Å². The van der Waals surface area contributed by atoms with Crippen molar-refractivity contribution < 1.29 is 4.79 Å². The van der Waals surface area contributed by atoms with E-state index in [2.05, 4.69) is 33.8 Å². The topological polar surface area (TPSA) is 17.1 Å². The van der Waals surface area contributed by atoms with Gasteiger partial charge >= 0.3 is 0 Å². The van der Waals surface area contributed by atoms with E-state index in [4.69, 9.17) is 0 Å². The Morgan fingerprint density at radius 3 is 2.08 bits per heavy atom. The van der Waals surface area contributed by atoms with Crippen LogP contribution in [0.15, 0.2) is 23.8 Å². The molecule has 0 aliphatic rings. The number of carbonyl (C=O) groups excluding carboxylic acids is 1. The Morgan fingerprint density at radius 2 is 1.77 bits per heavy atom. The van der Waals surface area contributed by atoms with Gasteiger partial charge in [0.15, 0.2) is 5.78 Å². The van der Waals surface area contributed by atoms with Gasteiger partial charge in [0, 0.05) is 0 Å². The third-order valence-electron chi connectivity index (χ3n) is 1.79. The Kier molecular flexibility index (Phi) is 4.68. The second-order valence-corrected chi connectivity index (χ2v) is 4.26. The van der Waals surface area contributed by atoms with Gasteiger partial charge in [0.05, 0.1) is 0 Å². The van der Waals surface area contributed by atoms with Crippen molar-refractivity contribution in [1.29, 1.82) is 0 Å². The second-order valence-electron chi connectivity index (χ2n) is 4.26. The Labute approximate surface area is 81.5 Å². The number of rotatable bonds is 3. The minimum absolute atomic E-state index is 0.103. The van der Waals surface area contributed by atoms with Crippen LogP contribution in [0.1, 0.15) is 41.0 Å². The van der Waals surface area contributed by atoms with Crippen molar-refractivity contribution in [1.82, 2.24) is 0 Å². The maximum absolute atomic E-state index is 10.8. The largest absolute Gasteiger partial charge is 0.295 e. The molecule has 74 valence electrons. The summed E-state index contributed by atoms with van der Waals surface area (Å²) in [6.45, 7) is 10.1. The van der Waals surface area contributed by atoms with Gasteiger partial charge in [-0.05, 0) is 30.4 Å². The summed E-state index contributed by atoms with van der Waals surface area (Å²) >= 11 is 0. The standard InChI is InChI=1S/C12H20O/c1-6-7-11(12(3,4)5)9-8-10(2)13/h7-9H,6H2,1-5H3/b9-8+,11-7+. The fraction of sp³-hybridized carbons (Fsp3) is 0.583. The van der Waals surface area contributed by atoms with Gasteiger partial charge in [0.1, 0.15) is 0 Å². The van der Waals surface area contributed by atoms with Gasteiger partial charge < -0.3 is 0 Å². The second kappa shape index (κ2) is 5.00. The number of allylic oxidation sites excluding steroid dienone is 4. The molecule has 0 atom stereocenters. The van der Waals surface area contributed by atoms with Crippen LogP contribution in [0.2, 0.25) is 0 Å². The van der Waals surface area contributed by atoms with E-state index in [-0.39, 0.29) is 11.2 Å². The smallest absolute Gasteiger partial charge is 0.152 e. The highest BCUT2D eigenvalue weighted by molar-refractivity contribution is 5.87. The Morgan fingerprint density at radius 1 is 1.23 bits per heavy atom. The van der Waals surface area contributed by atoms with Crippen molar-refractivity contribution in [2.45, 2.75) is 41.0 Å². The van der Waals surface area contributed by atoms with Crippen LogP contribution >= 0.6 is 0 Å². The lowest BCUT2D eigenvalue weighted by Crippen LogP contribution is -2.07. The van der Waals surface area contributed by atoms with E-state index in [1.807, 2.05) is 6.08 Å². The molecule has 0 aromatic rings. The molecule has 0 aromatic heterocycles. The summed E-state index contributed by atoms with van der Waals surface area (Å²) < 4.78 is 0. The average molecular weight is 180 g/mol. The van der Waals surface area contributed by atoms with Crippen LogP contribution in [-0.2, 0) is 4.79 Å². The number of ketones is 1. The van der Waals surface area contributed by atoms with E-state index in [0.29, 0.717) is 0 Å². The van der Waals surface area contributed by atoms with Crippen molar-refractivity contribution in [3.63, 3.8) is 0 Å². The van der Waals surface area contributed by atoms with Crippen LogP contribution in [0, 0.1) is 5.41 Å². The molecule has 0 heterocycles. The molecule has 1 nitrogen and oxygen atoms in total. The summed E-state index contributed by atoms with van der Waals surface area (Å²) in [5.74, 6) is 0.103. The lowest BCUT2D eigenvalue weighted by molar-refractivity contribution is -0.112. The van der Waals surface area contributed by atoms with E-state index in [0.717, 1.165) is 6.42 Å². The van der Waals surface area contributed by atoms with Crippen molar-refractivity contribution in [3.8, 4) is 0 Å². The van der Waals surface area contributed by atoms with Crippen LogP contribution in [0.25, 0.3) is 0 Å². The summed E-state index contributed by atoms with van der Waals surface area (Å²) in [4.78, 5) is 10.8. The Hall–Kier alpha value is -0.850. The van der Waals surface area contributed by atoms with Gasteiger partial charge in [-0.3, -0.25) is 4.79 Å². The van der Waals surface area contributed by atoms with Crippen LogP contribution in [0.5, 0.6) is 0 Å². The number of hydrogen-bond acceptors (Lipinski definition) is 1. The average Bonchev–Trinajstić information content (AvgIpc) is 1.95. The number of hydrogen-bond donors (Lipinski definition) is 0. The highest BCUT2D eigenvalue weighted by atomic mass is 16.1. The molecule has 0 aliphatic carbocycles. The maximum Gasteiger partial charge on any atom is 0.152 e. The molecule has 0 bridgehead atoms. The number of carbonyl (C=O) groups is 1. The van der Waals surface area contributed by atoms with Gasteiger partial charge in [-0.25, -0.2) is 0 Å². The first kappa shape index (κ1) is 12.2. The van der Waals surface area contributed by atoms with Gasteiger partial charge in [0.2, 0.25) is 0 Å². The fourth-order valence-electron chi connectivity index (χ4n) is 1.05. The lowest BCUT2D eigenvalue weighted by atomic mass is 9.85. The molecule has 0 saturated heterocycles. The summed E-state index contributed by atoms with van der Waals surface area (Å²) in [5, 5.41) is 0. The van der Waals surface area contributed by atoms with Gasteiger partial charge in [-0.2, -0.15) is 0 Å². The maximum atomic E-state index is 10.8. The van der Waals surface area contributed by atoms with Crippen LogP contribution in [0.4, 0.5) is 0 Å². The van der Waals surface area contributed by atoms with E-state index in [1.54, 1.807) is 13.0 Å². The van der Waals surface area contributed by atoms with E-state index >= 15 is 0 Å². The zero-order valence-corrected chi connectivity index (χ0v) is 9.35. The third kappa shape index (κ3) is 5.40. The van der Waals surface area contributed by atoms with Gasteiger partial charge in [0.25, 0.3) is 0 Å². The monoisotopic (exact) mass is 180 g/mol. The summed E-state index contributed by atoms with van der Waals surface area (Å²) in [7, 11) is 0. The molecule has 0 radical (unpaired) electrons. The first-order valence-corrected chi connectivity index (χ1v) is 4.77. The molecule has 13 heavy (non-hydrogen) atoms. The molecule has 0 fully saturated rings. The zero-order chi connectivity index (χ0) is 10.5. The first-order chi connectivity index (χ1) is 5.88. The Balaban J connectivity index is 4.65. The van der Waals surface area contributed by atoms with Crippen LogP contribution in [-0.4, -0.2) is 5.78 Å². The Bertz CT molecular complexity index is 226. The predicted octanol–water partition coefficient (Wildman–Crippen LogP) is 3.51. The van der Waals surface area contributed by atoms with Crippen molar-refractivity contribution in [3.05, 3.63) is 23.8 Å². The van der Waals surface area contributed by atoms with E-state index < -0.39 is 0 Å². The highest BCUT2D eigenvalue weighted by Gasteiger charge is 2.13. The van der Waals surface area contributed by atoms with Crippen molar-refractivity contribution in [2.24, 2.45) is 5.41 Å². The molecule has 0 spiro atoms. The minimum Gasteiger partial charge on any atom is -0.295 e. The highest BCUT2D eigenvalue weighted by Crippen LogP contribution is 2.26. The molecule has 0 saturated carbocycles. The van der Waals surface area contributed by atoms with E-state index in [9.17, 15) is 4.79 Å². The molecule has 0 aromatic carbocycles. The van der Waals surface area contributed by atoms with Crippen LogP contribution in [0.3, 0.4) is 0 Å². The molecule has 0 amide bonds. The molecular formula is C12H20O. The normalized spacial score (nSPS) is 13.8. The van der Waals surface area contributed by atoms with E-state index in [1.165, 1.54) is 5.57 Å². The SMILES string of the molecule is CC/C=C(\C=C\C(C)=O)C(C)(C)C. The molecule has 0 N–H and O–H groups in total. The lowest BCUT2D eigenvalue weighted by Gasteiger charge is -2.20.